The fourth-order valence-corrected chi connectivity index (χ4v) is 19.4. The number of nitrogens with one attached hydrogen (secondary N) is 2. The van der Waals surface area contributed by atoms with E-state index in [9.17, 15) is 107 Å². The molecule has 27 N–H and O–H groups in total. The van der Waals surface area contributed by atoms with E-state index in [1.54, 1.807) is 0 Å². The van der Waals surface area contributed by atoms with E-state index in [0.717, 1.165) is 89.9 Å². The van der Waals surface area contributed by atoms with E-state index >= 15 is 0 Å². The molecule has 0 spiro atoms. The summed E-state index contributed by atoms with van der Waals surface area (Å²) >= 11 is 0. The standard InChI is InChI=1S/C58H73N26O38P5/c59-23-1-3-79(57(95)73-23)49-30(87)29(86)18(113-49)6-107-123(97,98)119-37-19(114-51(32(37)89)81-13-69-25-41(61)65-11-67-43(25)81)7-109-125(101,102)120-38-20(115-52(33(38)90)82-14-70-26-42(62)66-12-68-44(26)82)8-110-126(103,104)122-40-22(117-54(35(40)92)84-16-72-28-46(84)76-56(64)78-48(28)94)10-111-127(105,106)121-39-21(116-53(34(39)91)83-15-71-27-45(83)75-55(63)77-47(27)93)9-108-124(99,100)118-36-17(5-85)112-50(31(36)88)80-4-2-24(60)74-58(80)96/h1-4,11-22,29-40,49-54,85-92H,5-10H2,(H,97,98)(H,99,100)(H,101,102)(H,103,104)(H,105,106)(H2,59,73,95)(H2,60,74,96)(H2,61,65,67)(H2,62,66,68)(H3,63,75,77,93)(H3,64,76,78,94)/t17-,18-,19-,20-,21-,22-,29-,30-,31-,32-,33-,34-,35-,36-,37-,38-,39-,40-,49-,50-,51-,52-,53-,54-/m1/s1. The number of phosphoric ester groups is 5. The number of aliphatic hydroxyl groups excluding tert-OH is 8. The second-order valence-electron chi connectivity index (χ2n) is 28.5. The van der Waals surface area contributed by atoms with Gasteiger partial charge in [-0.05, 0) is 12.1 Å². The summed E-state index contributed by atoms with van der Waals surface area (Å²) in [4.78, 5) is 160. The minimum absolute atomic E-state index is 0.0594. The van der Waals surface area contributed by atoms with Crippen molar-refractivity contribution in [3.8, 4) is 0 Å². The van der Waals surface area contributed by atoms with Crippen LogP contribution in [0.3, 0.4) is 0 Å². The number of nitrogens with zero attached hydrogens (tertiary/aromatic N) is 18. The van der Waals surface area contributed by atoms with E-state index in [0.29, 0.717) is 0 Å². The molecule has 0 aliphatic carbocycles. The van der Waals surface area contributed by atoms with Crippen molar-refractivity contribution in [2.75, 3.05) is 74.0 Å². The van der Waals surface area contributed by atoms with Crippen molar-refractivity contribution in [3.05, 3.63) is 104 Å². The summed E-state index contributed by atoms with van der Waals surface area (Å²) in [6.45, 7) is -7.60. The normalized spacial score (nSPS) is 32.3. The Hall–Kier alpha value is -9.65. The summed E-state index contributed by atoms with van der Waals surface area (Å²) in [7, 11) is -29.2. The highest BCUT2D eigenvalue weighted by Gasteiger charge is 2.58. The van der Waals surface area contributed by atoms with E-state index in [4.69, 9.17) is 108 Å². The van der Waals surface area contributed by atoms with Gasteiger partial charge in [-0.2, -0.15) is 19.9 Å². The minimum atomic E-state index is -6.02. The van der Waals surface area contributed by atoms with E-state index in [1.165, 1.54) is 0 Å². The van der Waals surface area contributed by atoms with Crippen LogP contribution in [0.1, 0.15) is 37.4 Å². The molecule has 5 unspecified atom stereocenters. The smallest absolute Gasteiger partial charge is 0.394 e. The number of nitrogens with two attached hydrogens (primary N) is 6. The summed E-state index contributed by atoms with van der Waals surface area (Å²) < 4.78 is 166. The van der Waals surface area contributed by atoms with Gasteiger partial charge < -0.3 is 128 Å². The molecule has 6 aliphatic heterocycles. The van der Waals surface area contributed by atoms with E-state index < -0.39 is 283 Å². The molecule has 10 aromatic rings. The lowest BCUT2D eigenvalue weighted by Gasteiger charge is -2.27. The van der Waals surface area contributed by atoms with Crippen molar-refractivity contribution in [2.45, 2.75) is 147 Å². The average molecular weight is 1900 g/mol. The highest BCUT2D eigenvalue weighted by molar-refractivity contribution is 7.48. The number of phosphoric acid groups is 5. The van der Waals surface area contributed by atoms with Crippen LogP contribution < -0.4 is 56.9 Å². The molecule has 6 saturated heterocycles. The summed E-state index contributed by atoms with van der Waals surface area (Å²) in [5, 5.41) is 91.5. The fraction of sp³-hybridized carbons (Fsp3) is 0.517. The van der Waals surface area contributed by atoms with E-state index in [-0.39, 0.29) is 45.6 Å². The third kappa shape index (κ3) is 18.2. The van der Waals surface area contributed by atoms with Gasteiger partial charge in [-0.25, -0.2) is 72.3 Å². The Bertz CT molecular complexity index is 6330. The Kier molecular flexibility index (Phi) is 25.0. The molecular formula is C58H73N26O38P5. The van der Waals surface area contributed by atoms with Gasteiger partial charge in [0, 0.05) is 12.4 Å². The number of hydrogen-bond donors (Lipinski definition) is 21. The first-order valence-electron chi connectivity index (χ1n) is 36.6. The van der Waals surface area contributed by atoms with Crippen molar-refractivity contribution >= 4 is 119 Å². The Balaban J connectivity index is 0.642. The topological polar surface area (TPSA) is 936 Å². The third-order valence-corrected chi connectivity index (χ3v) is 25.3. The maximum Gasteiger partial charge on any atom is 0.472 e. The number of nitrogen functional groups attached to an aromatic ring is 6. The van der Waals surface area contributed by atoms with Crippen molar-refractivity contribution < 1.29 is 162 Å². The van der Waals surface area contributed by atoms with Crippen molar-refractivity contribution in [1.82, 2.24) is 97.2 Å². The zero-order valence-corrected chi connectivity index (χ0v) is 68.1. The Morgan fingerprint density at radius 2 is 0.622 bits per heavy atom. The molecule has 29 atom stereocenters. The minimum Gasteiger partial charge on any atom is -0.394 e. The van der Waals surface area contributed by atoms with Crippen LogP contribution in [-0.2, 0) is 96.5 Å². The SMILES string of the molecule is Nc1ccn([C@@H]2O[C@H](COP(=O)(O)O[C@H]3[C@@H](O)[C@H](n4cnc5c(N)ncnc54)O[C@@H]3COP(=O)(O)O[C@H]3[C@@H](O)[C@H](n4cnc5c(N)ncnc54)O[C@@H]3COP(=O)(O)O[C@H]3[C@@H](O)[C@H](n4cnc5c(=O)[nH]c(N)nc54)O[C@@H]3COP(=O)(O)O[C@H]3[C@@H](O)[C@H](n4cnc5c(=O)[nH]c(N)nc54)O[C@@H]3COP(=O)(O)O[C@H]3[C@@H](O)[C@H](n4ccc(N)nc4=O)O[C@@H]3CO)[C@@H](O)[C@H]2O)c(=O)n1. The third-order valence-electron chi connectivity index (χ3n) is 20.4. The zero-order chi connectivity index (χ0) is 90.7. The first-order chi connectivity index (χ1) is 60.0. The van der Waals surface area contributed by atoms with Gasteiger partial charge in [0.2, 0.25) is 11.9 Å². The Morgan fingerprint density at radius 1 is 0.346 bits per heavy atom. The van der Waals surface area contributed by atoms with Gasteiger partial charge in [0.25, 0.3) is 11.1 Å². The molecule has 688 valence electrons. The molecule has 0 bridgehead atoms. The summed E-state index contributed by atoms with van der Waals surface area (Å²) in [5.74, 6) is -1.88. The highest BCUT2D eigenvalue weighted by atomic mass is 31.2. The molecule has 6 aliphatic rings. The predicted octanol–water partition coefficient (Wildman–Crippen LogP) is -8.65. The van der Waals surface area contributed by atoms with Crippen LogP contribution in [-0.4, -0.2) is 312 Å². The van der Waals surface area contributed by atoms with Crippen LogP contribution in [0.5, 0.6) is 0 Å². The van der Waals surface area contributed by atoms with Crippen molar-refractivity contribution in [3.63, 3.8) is 0 Å². The maximum atomic E-state index is 14.7. The van der Waals surface area contributed by atoms with Crippen LogP contribution in [0, 0.1) is 0 Å². The number of imidazole rings is 4. The van der Waals surface area contributed by atoms with Gasteiger partial charge >= 0.3 is 50.5 Å². The number of anilines is 6. The Morgan fingerprint density at radius 3 is 0.945 bits per heavy atom. The van der Waals surface area contributed by atoms with Crippen LogP contribution in [0.15, 0.2) is 81.7 Å². The number of H-pyrrole nitrogens is 2. The van der Waals surface area contributed by atoms with Crippen LogP contribution in [0.25, 0.3) is 44.7 Å². The second-order valence-corrected chi connectivity index (χ2v) is 35.5. The molecule has 64 nitrogen and oxygen atoms in total. The summed E-state index contributed by atoms with van der Waals surface area (Å²) in [5.41, 5.74) is 28.8. The molecule has 16 rings (SSSR count). The highest BCUT2D eigenvalue weighted by Crippen LogP contribution is 2.57. The predicted molar refractivity (Wildman–Crippen MR) is 406 cm³/mol. The van der Waals surface area contributed by atoms with Gasteiger partial charge in [0.15, 0.2) is 82.6 Å². The molecule has 10 aromatic heterocycles. The monoisotopic (exact) mass is 1900 g/mol. The largest absolute Gasteiger partial charge is 0.472 e. The second kappa shape index (κ2) is 35.0. The summed E-state index contributed by atoms with van der Waals surface area (Å²) in [6, 6.07) is 2.30. The van der Waals surface area contributed by atoms with Gasteiger partial charge in [0.1, 0.15) is 145 Å². The van der Waals surface area contributed by atoms with Gasteiger partial charge in [-0.3, -0.25) is 92.2 Å². The molecule has 0 saturated carbocycles. The van der Waals surface area contributed by atoms with Crippen LogP contribution in [0.4, 0.5) is 35.2 Å². The number of ether oxygens (including phenoxy) is 6. The number of aliphatic hydroxyl groups is 8. The average Bonchev–Trinajstić information content (AvgIpc) is 1.62. The lowest BCUT2D eigenvalue weighted by molar-refractivity contribution is -0.0650. The van der Waals surface area contributed by atoms with E-state index in [2.05, 4.69) is 69.8 Å². The van der Waals surface area contributed by atoms with Gasteiger partial charge in [-0.15, -0.1) is 0 Å². The molecule has 6 fully saturated rings. The number of aromatic nitrogens is 20. The first kappa shape index (κ1) is 90.7. The molecule has 127 heavy (non-hydrogen) atoms. The van der Waals surface area contributed by atoms with Crippen molar-refractivity contribution in [2.24, 2.45) is 0 Å². The number of hydrogen-bond acceptors (Lipinski definition) is 51. The molecule has 0 radical (unpaired) electrons. The molecule has 0 amide bonds. The number of rotatable bonds is 32. The molecule has 16 heterocycles. The zero-order valence-electron chi connectivity index (χ0n) is 63.6. The lowest BCUT2D eigenvalue weighted by atomic mass is 10.1. The maximum absolute atomic E-state index is 14.7. The quantitative estimate of drug-likeness (QED) is 0.0174. The van der Waals surface area contributed by atoms with Gasteiger partial charge in [-0.1, -0.05) is 0 Å². The van der Waals surface area contributed by atoms with Gasteiger partial charge in [0.05, 0.1) is 65.0 Å². The lowest BCUT2D eigenvalue weighted by Crippen LogP contribution is -2.38. The molecular weight excluding hydrogens is 1820 g/mol. The molecule has 69 heteroatoms. The summed E-state index contributed by atoms with van der Waals surface area (Å²) in [6.07, 6.45) is -41.1. The first-order valence-corrected chi connectivity index (χ1v) is 44.1. The number of aromatic amines is 2. The van der Waals surface area contributed by atoms with Crippen LogP contribution >= 0.6 is 39.1 Å². The number of fused-ring (bicyclic) bond motifs is 4. The fourth-order valence-electron chi connectivity index (χ4n) is 14.5. The van der Waals surface area contributed by atoms with E-state index in [1.807, 2.05) is 0 Å². The van der Waals surface area contributed by atoms with Crippen molar-refractivity contribution in [1.29, 1.82) is 0 Å². The van der Waals surface area contributed by atoms with Crippen LogP contribution in [0.2, 0.25) is 0 Å². The molecule has 0 aromatic carbocycles. The Labute approximate surface area is 701 Å².